The van der Waals surface area contributed by atoms with Crippen LogP contribution in [0.4, 0.5) is 17.1 Å². The van der Waals surface area contributed by atoms with Crippen molar-refractivity contribution in [1.82, 2.24) is 0 Å². The molecule has 3 aliphatic carbocycles. The van der Waals surface area contributed by atoms with E-state index >= 15 is 0 Å². The van der Waals surface area contributed by atoms with E-state index in [0.29, 0.717) is 0 Å². The van der Waals surface area contributed by atoms with Crippen LogP contribution in [0.5, 0.6) is 0 Å². The molecule has 0 atom stereocenters. The van der Waals surface area contributed by atoms with E-state index < -0.39 is 5.41 Å². The first-order valence-electron chi connectivity index (χ1n) is 21.0. The minimum atomic E-state index is -0.450. The van der Waals surface area contributed by atoms with E-state index in [0.717, 1.165) is 39.0 Å². The topological polar surface area (TPSA) is 16.4 Å². The van der Waals surface area contributed by atoms with Crippen LogP contribution in [0.3, 0.4) is 0 Å². The van der Waals surface area contributed by atoms with Crippen LogP contribution in [0.1, 0.15) is 47.2 Å². The quantitative estimate of drug-likeness (QED) is 0.177. The molecule has 2 nitrogen and oxygen atoms in total. The van der Waals surface area contributed by atoms with Gasteiger partial charge in [-0.1, -0.05) is 178 Å². The molecule has 282 valence electrons. The van der Waals surface area contributed by atoms with Crippen molar-refractivity contribution < 1.29 is 4.42 Å². The van der Waals surface area contributed by atoms with E-state index in [9.17, 15) is 0 Å². The van der Waals surface area contributed by atoms with Crippen LogP contribution in [-0.2, 0) is 10.8 Å². The monoisotopic (exact) mass is 765 g/mol. The van der Waals surface area contributed by atoms with E-state index in [1.807, 2.05) is 0 Å². The molecule has 0 saturated heterocycles. The average Bonchev–Trinajstić information content (AvgIpc) is 3.99. The third-order valence-corrected chi connectivity index (χ3v) is 13.9. The van der Waals surface area contributed by atoms with Crippen LogP contribution in [0.25, 0.3) is 66.4 Å². The van der Waals surface area contributed by atoms with Gasteiger partial charge >= 0.3 is 0 Å². The summed E-state index contributed by atoms with van der Waals surface area (Å²) in [5.41, 5.74) is 22.8. The molecule has 10 aromatic rings. The molecule has 13 rings (SSSR count). The number of benzene rings is 9. The van der Waals surface area contributed by atoms with E-state index in [4.69, 9.17) is 4.42 Å². The third-order valence-electron chi connectivity index (χ3n) is 13.9. The number of para-hydroxylation sites is 2. The van der Waals surface area contributed by atoms with Gasteiger partial charge in [-0.2, -0.15) is 0 Å². The van der Waals surface area contributed by atoms with Crippen LogP contribution in [-0.4, -0.2) is 0 Å². The van der Waals surface area contributed by atoms with Gasteiger partial charge in [-0.3, -0.25) is 0 Å². The molecule has 2 heteroatoms. The van der Waals surface area contributed by atoms with Gasteiger partial charge < -0.3 is 9.32 Å². The zero-order valence-electron chi connectivity index (χ0n) is 33.4. The Kier molecular flexibility index (Phi) is 6.74. The van der Waals surface area contributed by atoms with Gasteiger partial charge in [0.1, 0.15) is 5.58 Å². The molecule has 3 aliphatic rings. The van der Waals surface area contributed by atoms with E-state index in [1.54, 1.807) is 0 Å². The van der Waals surface area contributed by atoms with Crippen molar-refractivity contribution in [3.8, 4) is 44.5 Å². The van der Waals surface area contributed by atoms with Gasteiger partial charge in [-0.05, 0) is 114 Å². The summed E-state index contributed by atoms with van der Waals surface area (Å²) in [6, 6.07) is 74.0. The molecule has 0 bridgehead atoms. The molecule has 9 aromatic carbocycles. The van der Waals surface area contributed by atoms with Crippen molar-refractivity contribution in [2.24, 2.45) is 0 Å². The minimum absolute atomic E-state index is 0.112. The molecule has 1 spiro atoms. The number of furan rings is 1. The lowest BCUT2D eigenvalue weighted by Gasteiger charge is -2.32. The first-order chi connectivity index (χ1) is 29.5. The Balaban J connectivity index is 1.04. The van der Waals surface area contributed by atoms with Crippen LogP contribution in [0, 0.1) is 0 Å². The first kappa shape index (κ1) is 33.5. The van der Waals surface area contributed by atoms with Crippen LogP contribution in [0.2, 0.25) is 0 Å². The fourth-order valence-electron chi connectivity index (χ4n) is 11.4. The summed E-state index contributed by atoms with van der Waals surface area (Å²) in [5.74, 6) is 0. The van der Waals surface area contributed by atoms with E-state index in [2.05, 4.69) is 219 Å². The second-order valence-corrected chi connectivity index (χ2v) is 17.1. The molecular formula is C58H39NO. The molecule has 1 heterocycles. The molecule has 0 amide bonds. The Labute approximate surface area is 349 Å². The second kappa shape index (κ2) is 12.1. The molecule has 0 aliphatic heterocycles. The first-order valence-corrected chi connectivity index (χ1v) is 21.0. The highest BCUT2D eigenvalue weighted by atomic mass is 16.3. The SMILES string of the molecule is CC1(C)c2ccccc2-c2cccc(-c3ccc(N(c4ccc5c(c4)C4(c6ccccc6-c6ccccc64)c4ccccc4-5)c4cccc5c4oc4ccccc45)cc3)c21. The van der Waals surface area contributed by atoms with Crippen molar-refractivity contribution in [1.29, 1.82) is 0 Å². The van der Waals surface area contributed by atoms with Gasteiger partial charge in [0.05, 0.1) is 11.1 Å². The fraction of sp³-hybridized carbons (Fsp3) is 0.0690. The lowest BCUT2D eigenvalue weighted by molar-refractivity contribution is 0.662. The summed E-state index contributed by atoms with van der Waals surface area (Å²) >= 11 is 0. The number of hydrogen-bond acceptors (Lipinski definition) is 2. The fourth-order valence-corrected chi connectivity index (χ4v) is 11.4. The molecule has 60 heavy (non-hydrogen) atoms. The lowest BCUT2D eigenvalue weighted by Crippen LogP contribution is -2.26. The van der Waals surface area contributed by atoms with Crippen molar-refractivity contribution in [3.63, 3.8) is 0 Å². The molecule has 0 unspecified atom stereocenters. The molecular weight excluding hydrogens is 727 g/mol. The number of anilines is 3. The average molecular weight is 766 g/mol. The Hall–Kier alpha value is -7.42. The number of nitrogens with zero attached hydrogens (tertiary/aromatic N) is 1. The van der Waals surface area contributed by atoms with Crippen LogP contribution in [0.15, 0.2) is 205 Å². The number of rotatable bonds is 4. The zero-order chi connectivity index (χ0) is 39.7. The van der Waals surface area contributed by atoms with Crippen LogP contribution < -0.4 is 4.90 Å². The predicted molar refractivity (Wildman–Crippen MR) is 248 cm³/mol. The maximum atomic E-state index is 6.79. The van der Waals surface area contributed by atoms with E-state index in [-0.39, 0.29) is 5.41 Å². The number of fused-ring (bicyclic) bond motifs is 16. The summed E-state index contributed by atoms with van der Waals surface area (Å²) in [4.78, 5) is 2.41. The third kappa shape index (κ3) is 4.27. The molecule has 0 saturated carbocycles. The van der Waals surface area contributed by atoms with Gasteiger partial charge in [0.15, 0.2) is 5.58 Å². The lowest BCUT2D eigenvalue weighted by atomic mass is 9.70. The van der Waals surface area contributed by atoms with Crippen molar-refractivity contribution in [2.75, 3.05) is 4.90 Å². The summed E-state index contributed by atoms with van der Waals surface area (Å²) in [6.45, 7) is 4.73. The van der Waals surface area contributed by atoms with Gasteiger partial charge in [-0.15, -0.1) is 0 Å². The van der Waals surface area contributed by atoms with Crippen LogP contribution >= 0.6 is 0 Å². The highest BCUT2D eigenvalue weighted by Gasteiger charge is 2.51. The predicted octanol–water partition coefficient (Wildman–Crippen LogP) is 15.4. The Morgan fingerprint density at radius 2 is 0.883 bits per heavy atom. The smallest absolute Gasteiger partial charge is 0.159 e. The molecule has 0 radical (unpaired) electrons. The molecule has 1 aromatic heterocycles. The van der Waals surface area contributed by atoms with E-state index in [1.165, 1.54) is 77.9 Å². The minimum Gasteiger partial charge on any atom is -0.454 e. The Morgan fingerprint density at radius 1 is 0.383 bits per heavy atom. The molecule has 0 fully saturated rings. The van der Waals surface area contributed by atoms with Crippen molar-refractivity contribution in [2.45, 2.75) is 24.7 Å². The number of hydrogen-bond donors (Lipinski definition) is 0. The molecule has 0 N–H and O–H groups in total. The van der Waals surface area contributed by atoms with Crippen molar-refractivity contribution in [3.05, 3.63) is 234 Å². The van der Waals surface area contributed by atoms with Crippen molar-refractivity contribution >= 4 is 39.0 Å². The van der Waals surface area contributed by atoms with Gasteiger partial charge in [0.25, 0.3) is 0 Å². The normalized spacial score (nSPS) is 14.4. The summed E-state index contributed by atoms with van der Waals surface area (Å²) in [5, 5.41) is 2.23. The Bertz CT molecular complexity index is 3360. The highest BCUT2D eigenvalue weighted by molar-refractivity contribution is 6.10. The van der Waals surface area contributed by atoms with Gasteiger partial charge in [-0.25, -0.2) is 0 Å². The maximum absolute atomic E-state index is 6.79. The Morgan fingerprint density at radius 3 is 1.57 bits per heavy atom. The second-order valence-electron chi connectivity index (χ2n) is 17.1. The highest BCUT2D eigenvalue weighted by Crippen LogP contribution is 2.63. The largest absolute Gasteiger partial charge is 0.454 e. The zero-order valence-corrected chi connectivity index (χ0v) is 33.4. The van der Waals surface area contributed by atoms with Gasteiger partial charge in [0, 0.05) is 27.6 Å². The summed E-state index contributed by atoms with van der Waals surface area (Å²) < 4.78 is 6.79. The van der Waals surface area contributed by atoms with Gasteiger partial charge in [0.2, 0.25) is 0 Å². The maximum Gasteiger partial charge on any atom is 0.159 e. The standard InChI is InChI=1S/C58H39NO/c1-57(2)48-23-8-3-18-43(48)46-21-13-20-39(55(46)57)36-29-31-37(32-30-36)59(53-27-14-22-47-45-19-7-12-28-54(45)60-56(47)53)38-33-34-44-42-17-6-11-26-51(42)58(52(44)35-38)49-24-9-4-15-40(49)41-16-5-10-25-50(41)58/h3-35H,1-2H3. The summed E-state index contributed by atoms with van der Waals surface area (Å²) in [6.07, 6.45) is 0. The summed E-state index contributed by atoms with van der Waals surface area (Å²) in [7, 11) is 0.